The number of ether oxygens (including phenoxy) is 1. The van der Waals surface area contributed by atoms with Gasteiger partial charge in [0.05, 0.1) is 18.1 Å². The summed E-state index contributed by atoms with van der Waals surface area (Å²) in [5.41, 5.74) is 0.304. The number of halogens is 1. The molecule has 0 aromatic carbocycles. The van der Waals surface area contributed by atoms with Crippen LogP contribution in [0.1, 0.15) is 16.9 Å². The molecule has 116 valence electrons. The third-order valence-electron chi connectivity index (χ3n) is 3.39. The molecule has 6 nitrogen and oxygen atoms in total. The van der Waals surface area contributed by atoms with Gasteiger partial charge in [0.25, 0.3) is 5.91 Å². The van der Waals surface area contributed by atoms with Crippen molar-refractivity contribution in [1.29, 1.82) is 0 Å². The van der Waals surface area contributed by atoms with Crippen molar-refractivity contribution in [2.75, 3.05) is 31.8 Å². The van der Waals surface area contributed by atoms with Crippen molar-refractivity contribution in [1.82, 2.24) is 9.88 Å². The fourth-order valence-corrected chi connectivity index (χ4v) is 4.28. The lowest BCUT2D eigenvalue weighted by Crippen LogP contribution is -2.43. The third kappa shape index (κ3) is 4.24. The van der Waals surface area contributed by atoms with Crippen LogP contribution in [0.3, 0.4) is 0 Å². The highest BCUT2D eigenvalue weighted by molar-refractivity contribution is 9.10. The lowest BCUT2D eigenvalue weighted by atomic mass is 10.2. The van der Waals surface area contributed by atoms with E-state index in [1.165, 1.54) is 0 Å². The van der Waals surface area contributed by atoms with Gasteiger partial charge in [0.15, 0.2) is 9.84 Å². The van der Waals surface area contributed by atoms with Gasteiger partial charge in [0, 0.05) is 30.4 Å². The molecule has 0 aliphatic carbocycles. The van der Waals surface area contributed by atoms with Crippen molar-refractivity contribution in [3.05, 3.63) is 28.5 Å². The Morgan fingerprint density at radius 3 is 2.81 bits per heavy atom. The zero-order valence-corrected chi connectivity index (χ0v) is 14.1. The Morgan fingerprint density at radius 2 is 2.29 bits per heavy atom. The summed E-state index contributed by atoms with van der Waals surface area (Å²) in [5, 5.41) is 0. The van der Waals surface area contributed by atoms with Crippen LogP contribution in [0.5, 0.6) is 0 Å². The molecule has 1 aliphatic heterocycles. The summed E-state index contributed by atoms with van der Waals surface area (Å²) in [6.45, 7) is 0.714. The number of pyridine rings is 1. The smallest absolute Gasteiger partial charge is 0.272 e. The first-order valence-corrected chi connectivity index (χ1v) is 9.16. The molecule has 0 N–H and O–H groups in total. The summed E-state index contributed by atoms with van der Waals surface area (Å²) in [7, 11) is -1.50. The number of sulfone groups is 1. The normalized spacial score (nSPS) is 20.4. The zero-order chi connectivity index (χ0) is 15.5. The average Bonchev–Trinajstić information content (AvgIpc) is 2.80. The fourth-order valence-electron chi connectivity index (χ4n) is 2.31. The minimum absolute atomic E-state index is 0.0129. The van der Waals surface area contributed by atoms with Crippen LogP contribution in [0.25, 0.3) is 0 Å². The molecule has 1 aromatic rings. The number of rotatable bonds is 5. The number of carbonyl (C=O) groups is 1. The zero-order valence-electron chi connectivity index (χ0n) is 11.7. The van der Waals surface area contributed by atoms with Crippen LogP contribution in [0.4, 0.5) is 0 Å². The van der Waals surface area contributed by atoms with Crippen molar-refractivity contribution in [3.63, 3.8) is 0 Å². The van der Waals surface area contributed by atoms with E-state index in [1.54, 1.807) is 30.3 Å². The van der Waals surface area contributed by atoms with Gasteiger partial charge in [-0.05, 0) is 34.5 Å². The summed E-state index contributed by atoms with van der Waals surface area (Å²) in [6.07, 6.45) is 2.02. The van der Waals surface area contributed by atoms with Crippen LogP contribution in [-0.2, 0) is 14.6 Å². The Labute approximate surface area is 132 Å². The molecule has 8 heteroatoms. The van der Waals surface area contributed by atoms with E-state index in [4.69, 9.17) is 4.74 Å². The minimum atomic E-state index is -3.05. The van der Waals surface area contributed by atoms with Gasteiger partial charge < -0.3 is 9.64 Å². The van der Waals surface area contributed by atoms with Crippen LogP contribution in [0.15, 0.2) is 22.8 Å². The maximum atomic E-state index is 12.6. The summed E-state index contributed by atoms with van der Waals surface area (Å²) < 4.78 is 29.1. The van der Waals surface area contributed by atoms with Crippen LogP contribution in [0, 0.1) is 0 Å². The maximum Gasteiger partial charge on any atom is 0.272 e. The molecule has 2 heterocycles. The van der Waals surface area contributed by atoms with Gasteiger partial charge in [-0.15, -0.1) is 0 Å². The number of nitrogens with zero attached hydrogens (tertiary/aromatic N) is 2. The van der Waals surface area contributed by atoms with E-state index >= 15 is 0 Å². The Hall–Kier alpha value is -0.990. The van der Waals surface area contributed by atoms with Gasteiger partial charge in [0.2, 0.25) is 0 Å². The van der Waals surface area contributed by atoms with Gasteiger partial charge in [-0.2, -0.15) is 0 Å². The predicted octanol–water partition coefficient (Wildman–Crippen LogP) is 1.12. The van der Waals surface area contributed by atoms with E-state index in [0.29, 0.717) is 25.3 Å². The number of aromatic nitrogens is 1. The van der Waals surface area contributed by atoms with Gasteiger partial charge in [-0.3, -0.25) is 4.79 Å². The topological polar surface area (TPSA) is 76.6 Å². The van der Waals surface area contributed by atoms with Gasteiger partial charge >= 0.3 is 0 Å². The maximum absolute atomic E-state index is 12.6. The first kappa shape index (κ1) is 16.4. The van der Waals surface area contributed by atoms with Gasteiger partial charge in [-0.1, -0.05) is 0 Å². The molecule has 1 atom stereocenters. The molecule has 21 heavy (non-hydrogen) atoms. The first-order chi connectivity index (χ1) is 9.93. The quantitative estimate of drug-likeness (QED) is 0.769. The first-order valence-electron chi connectivity index (χ1n) is 6.55. The Morgan fingerprint density at radius 1 is 1.52 bits per heavy atom. The summed E-state index contributed by atoms with van der Waals surface area (Å²) >= 11 is 3.27. The lowest BCUT2D eigenvalue weighted by molar-refractivity contribution is 0.0618. The van der Waals surface area contributed by atoms with Crippen LogP contribution >= 0.6 is 15.9 Å². The summed E-state index contributed by atoms with van der Waals surface area (Å²) in [4.78, 5) is 18.2. The van der Waals surface area contributed by atoms with Gasteiger partial charge in [0.1, 0.15) is 5.69 Å². The van der Waals surface area contributed by atoms with E-state index in [1.807, 2.05) is 0 Å². The molecule has 0 bridgehead atoms. The molecular weight excluding hydrogens is 360 g/mol. The SMILES string of the molecule is COCCN(C(=O)c1ccc(Br)cn1)C1CCS(=O)(=O)C1. The summed E-state index contributed by atoms with van der Waals surface area (Å²) in [5.74, 6) is -0.122. The second-order valence-corrected chi connectivity index (χ2v) is 8.05. The highest BCUT2D eigenvalue weighted by Crippen LogP contribution is 2.20. The largest absolute Gasteiger partial charge is 0.383 e. The average molecular weight is 377 g/mol. The molecule has 1 unspecified atom stereocenters. The molecule has 1 amide bonds. The molecule has 0 saturated carbocycles. The second kappa shape index (κ2) is 6.85. The van der Waals surface area contributed by atoms with Crippen molar-refractivity contribution in [3.8, 4) is 0 Å². The fraction of sp³-hybridized carbons (Fsp3) is 0.538. The van der Waals surface area contributed by atoms with E-state index in [9.17, 15) is 13.2 Å². The standard InChI is InChI=1S/C13H17BrN2O4S/c1-20-6-5-16(11-4-7-21(18,19)9-11)13(17)12-3-2-10(14)8-15-12/h2-3,8,11H,4-7,9H2,1H3. The van der Waals surface area contributed by atoms with Crippen LogP contribution in [0.2, 0.25) is 0 Å². The lowest BCUT2D eigenvalue weighted by Gasteiger charge is -2.27. The Kier molecular flexibility index (Phi) is 5.34. The molecule has 1 aromatic heterocycles. The number of hydrogen-bond donors (Lipinski definition) is 0. The van der Waals surface area contributed by atoms with Crippen molar-refractivity contribution < 1.29 is 17.9 Å². The van der Waals surface area contributed by atoms with Crippen molar-refractivity contribution >= 4 is 31.7 Å². The summed E-state index contributed by atoms with van der Waals surface area (Å²) in [6, 6.07) is 3.05. The van der Waals surface area contributed by atoms with Crippen LogP contribution < -0.4 is 0 Å². The van der Waals surface area contributed by atoms with E-state index in [0.717, 1.165) is 4.47 Å². The molecule has 1 aliphatic rings. The minimum Gasteiger partial charge on any atom is -0.383 e. The number of carbonyl (C=O) groups excluding carboxylic acids is 1. The van der Waals surface area contributed by atoms with Crippen molar-refractivity contribution in [2.45, 2.75) is 12.5 Å². The highest BCUT2D eigenvalue weighted by Gasteiger charge is 2.35. The number of methoxy groups -OCH3 is 1. The number of amides is 1. The number of hydrogen-bond acceptors (Lipinski definition) is 5. The molecule has 2 rings (SSSR count). The van der Waals surface area contributed by atoms with E-state index in [-0.39, 0.29) is 23.5 Å². The molecule has 1 fully saturated rings. The third-order valence-corrected chi connectivity index (χ3v) is 5.61. The van der Waals surface area contributed by atoms with Crippen LogP contribution in [-0.4, -0.2) is 62.0 Å². The second-order valence-electron chi connectivity index (χ2n) is 4.91. The molecule has 1 saturated heterocycles. The molecular formula is C13H17BrN2O4S. The van der Waals surface area contributed by atoms with E-state index < -0.39 is 9.84 Å². The Bertz CT molecular complexity index is 603. The van der Waals surface area contributed by atoms with Gasteiger partial charge in [-0.25, -0.2) is 13.4 Å². The van der Waals surface area contributed by atoms with Crippen molar-refractivity contribution in [2.24, 2.45) is 0 Å². The monoisotopic (exact) mass is 376 g/mol. The van der Waals surface area contributed by atoms with E-state index in [2.05, 4.69) is 20.9 Å². The Balaban J connectivity index is 2.19. The molecule has 0 radical (unpaired) electrons. The predicted molar refractivity (Wildman–Crippen MR) is 81.9 cm³/mol. The molecule has 0 spiro atoms. The highest BCUT2D eigenvalue weighted by atomic mass is 79.9.